The zero-order valence-electron chi connectivity index (χ0n) is 16.0. The molecule has 0 aliphatic heterocycles. The maximum atomic E-state index is 12.1. The largest absolute Gasteiger partial charge is 0.497 e. The molecular formula is C21H20N2O4S2. The predicted octanol–water partition coefficient (Wildman–Crippen LogP) is 4.26. The normalized spacial score (nSPS) is 11.5. The van der Waals surface area contributed by atoms with Crippen LogP contribution in [0, 0.1) is 0 Å². The fraction of sp³-hybridized carbons (Fsp3) is 0.143. The Morgan fingerprint density at radius 2 is 1.83 bits per heavy atom. The van der Waals surface area contributed by atoms with Crippen LogP contribution in [0.4, 0.5) is 5.13 Å². The Labute approximate surface area is 173 Å². The van der Waals surface area contributed by atoms with E-state index in [9.17, 15) is 13.2 Å². The fourth-order valence-corrected chi connectivity index (χ4v) is 4.10. The third-order valence-electron chi connectivity index (χ3n) is 4.17. The van der Waals surface area contributed by atoms with Crippen molar-refractivity contribution >= 4 is 38.3 Å². The first-order valence-electron chi connectivity index (χ1n) is 8.83. The second-order valence-corrected chi connectivity index (χ2v) is 9.20. The summed E-state index contributed by atoms with van der Waals surface area (Å²) in [7, 11) is -1.62. The van der Waals surface area contributed by atoms with Gasteiger partial charge in [0.1, 0.15) is 5.75 Å². The van der Waals surface area contributed by atoms with E-state index in [0.717, 1.165) is 22.6 Å². The SMILES string of the molecule is CCS(=O)(=O)c1ccc(/C=C\C(=O)Nc2nc(-c3ccc(OC)cc3)cs2)cc1. The Bertz CT molecular complexity index is 1120. The second-order valence-electron chi connectivity index (χ2n) is 6.06. The molecule has 3 aromatic rings. The lowest BCUT2D eigenvalue weighted by Gasteiger charge is -2.01. The number of benzene rings is 2. The highest BCUT2D eigenvalue weighted by Gasteiger charge is 2.10. The summed E-state index contributed by atoms with van der Waals surface area (Å²) in [5.74, 6) is 0.505. The number of amides is 1. The van der Waals surface area contributed by atoms with Crippen LogP contribution in [0.2, 0.25) is 0 Å². The summed E-state index contributed by atoms with van der Waals surface area (Å²) < 4.78 is 28.8. The highest BCUT2D eigenvalue weighted by atomic mass is 32.2. The molecular weight excluding hydrogens is 408 g/mol. The van der Waals surface area contributed by atoms with Crippen molar-refractivity contribution in [3.63, 3.8) is 0 Å². The maximum absolute atomic E-state index is 12.1. The number of thiazole rings is 1. The Morgan fingerprint density at radius 3 is 2.45 bits per heavy atom. The zero-order valence-corrected chi connectivity index (χ0v) is 17.6. The van der Waals surface area contributed by atoms with Crippen molar-refractivity contribution in [2.45, 2.75) is 11.8 Å². The molecule has 0 atom stereocenters. The van der Waals surface area contributed by atoms with Crippen molar-refractivity contribution in [2.24, 2.45) is 0 Å². The molecule has 1 N–H and O–H groups in total. The number of carbonyl (C=O) groups is 1. The lowest BCUT2D eigenvalue weighted by molar-refractivity contribution is -0.111. The molecule has 0 aliphatic rings. The molecule has 0 unspecified atom stereocenters. The van der Waals surface area contributed by atoms with E-state index in [1.54, 1.807) is 44.4 Å². The highest BCUT2D eigenvalue weighted by molar-refractivity contribution is 7.91. The lowest BCUT2D eigenvalue weighted by atomic mass is 10.2. The average Bonchev–Trinajstić information content (AvgIpc) is 3.21. The van der Waals surface area contributed by atoms with Gasteiger partial charge in [0.05, 0.1) is 23.5 Å². The summed E-state index contributed by atoms with van der Waals surface area (Å²) in [6, 6.07) is 13.9. The van der Waals surface area contributed by atoms with Crippen molar-refractivity contribution in [3.8, 4) is 17.0 Å². The van der Waals surface area contributed by atoms with Gasteiger partial charge in [0.15, 0.2) is 15.0 Å². The summed E-state index contributed by atoms with van der Waals surface area (Å²) in [5, 5.41) is 5.10. The number of nitrogens with one attached hydrogen (secondary N) is 1. The molecule has 0 spiro atoms. The first-order valence-corrected chi connectivity index (χ1v) is 11.4. The second kappa shape index (κ2) is 9.02. The quantitative estimate of drug-likeness (QED) is 0.568. The lowest BCUT2D eigenvalue weighted by Crippen LogP contribution is -2.07. The van der Waals surface area contributed by atoms with E-state index in [4.69, 9.17) is 4.74 Å². The predicted molar refractivity (Wildman–Crippen MR) is 116 cm³/mol. The summed E-state index contributed by atoms with van der Waals surface area (Å²) >= 11 is 1.34. The molecule has 0 aliphatic carbocycles. The molecule has 29 heavy (non-hydrogen) atoms. The van der Waals surface area contributed by atoms with E-state index in [2.05, 4.69) is 10.3 Å². The van der Waals surface area contributed by atoms with Crippen LogP contribution in [-0.4, -0.2) is 32.2 Å². The molecule has 8 heteroatoms. The monoisotopic (exact) mass is 428 g/mol. The van der Waals surface area contributed by atoms with Gasteiger partial charge >= 0.3 is 0 Å². The number of rotatable bonds is 7. The van der Waals surface area contributed by atoms with Gasteiger partial charge in [0.2, 0.25) is 5.91 Å². The van der Waals surface area contributed by atoms with Crippen LogP contribution in [0.3, 0.4) is 0 Å². The van der Waals surface area contributed by atoms with E-state index in [0.29, 0.717) is 5.13 Å². The average molecular weight is 429 g/mol. The minimum absolute atomic E-state index is 0.0525. The molecule has 1 heterocycles. The molecule has 2 aromatic carbocycles. The van der Waals surface area contributed by atoms with Crippen LogP contribution in [0.25, 0.3) is 17.3 Å². The summed E-state index contributed by atoms with van der Waals surface area (Å²) in [4.78, 5) is 16.8. The van der Waals surface area contributed by atoms with Crippen LogP contribution in [0.15, 0.2) is 64.9 Å². The first kappa shape index (κ1) is 20.8. The van der Waals surface area contributed by atoms with Gasteiger partial charge in [-0.2, -0.15) is 0 Å². The minimum Gasteiger partial charge on any atom is -0.497 e. The van der Waals surface area contributed by atoms with E-state index < -0.39 is 9.84 Å². The number of nitrogens with zero attached hydrogens (tertiary/aromatic N) is 1. The number of hydrogen-bond acceptors (Lipinski definition) is 6. The standard InChI is InChI=1S/C21H20N2O4S2/c1-3-29(25,26)18-11-4-15(5-12-18)6-13-20(24)23-21-22-19(14-28-21)16-7-9-17(27-2)10-8-16/h4-14H,3H2,1-2H3,(H,22,23,24)/b13-6-. The van der Waals surface area contributed by atoms with Gasteiger partial charge in [-0.25, -0.2) is 13.4 Å². The Kier molecular flexibility index (Phi) is 6.46. The molecule has 1 aromatic heterocycles. The number of ether oxygens (including phenoxy) is 1. The van der Waals surface area contributed by atoms with E-state index in [1.165, 1.54) is 17.4 Å². The smallest absolute Gasteiger partial charge is 0.250 e. The molecule has 150 valence electrons. The molecule has 0 saturated carbocycles. The first-order chi connectivity index (χ1) is 13.9. The fourth-order valence-electron chi connectivity index (χ4n) is 2.50. The van der Waals surface area contributed by atoms with Crippen molar-refractivity contribution < 1.29 is 17.9 Å². The topological polar surface area (TPSA) is 85.4 Å². The number of aromatic nitrogens is 1. The molecule has 6 nitrogen and oxygen atoms in total. The van der Waals surface area contributed by atoms with Gasteiger partial charge in [-0.1, -0.05) is 19.1 Å². The van der Waals surface area contributed by atoms with Gasteiger partial charge in [0, 0.05) is 17.0 Å². The molecule has 3 rings (SSSR count). The highest BCUT2D eigenvalue weighted by Crippen LogP contribution is 2.26. The van der Waals surface area contributed by atoms with Crippen LogP contribution < -0.4 is 10.1 Å². The van der Waals surface area contributed by atoms with Crippen LogP contribution in [0.1, 0.15) is 12.5 Å². The van der Waals surface area contributed by atoms with Crippen molar-refractivity contribution in [1.82, 2.24) is 4.98 Å². The van der Waals surface area contributed by atoms with Gasteiger partial charge in [-0.3, -0.25) is 10.1 Å². The Balaban J connectivity index is 1.63. The number of hydrogen-bond donors (Lipinski definition) is 1. The van der Waals surface area contributed by atoms with Crippen LogP contribution >= 0.6 is 11.3 Å². The molecule has 0 bridgehead atoms. The minimum atomic E-state index is -3.23. The molecule has 0 radical (unpaired) electrons. The van der Waals surface area contributed by atoms with Crippen molar-refractivity contribution in [2.75, 3.05) is 18.2 Å². The number of methoxy groups -OCH3 is 1. The maximum Gasteiger partial charge on any atom is 0.250 e. The van der Waals surface area contributed by atoms with Gasteiger partial charge in [-0.05, 0) is 48.0 Å². The van der Waals surface area contributed by atoms with E-state index in [1.807, 2.05) is 29.6 Å². The number of sulfone groups is 1. The third kappa shape index (κ3) is 5.30. The van der Waals surface area contributed by atoms with Gasteiger partial charge in [-0.15, -0.1) is 11.3 Å². The number of carbonyl (C=O) groups excluding carboxylic acids is 1. The van der Waals surface area contributed by atoms with Crippen LogP contribution in [-0.2, 0) is 14.6 Å². The Hall–Kier alpha value is -2.97. The van der Waals surface area contributed by atoms with Crippen molar-refractivity contribution in [1.29, 1.82) is 0 Å². The van der Waals surface area contributed by atoms with Gasteiger partial charge in [0.25, 0.3) is 0 Å². The Morgan fingerprint density at radius 1 is 1.14 bits per heavy atom. The van der Waals surface area contributed by atoms with E-state index >= 15 is 0 Å². The summed E-state index contributed by atoms with van der Waals surface area (Å²) in [6.45, 7) is 1.60. The summed E-state index contributed by atoms with van der Waals surface area (Å²) in [6.07, 6.45) is 3.01. The third-order valence-corrected chi connectivity index (χ3v) is 6.67. The van der Waals surface area contributed by atoms with Gasteiger partial charge < -0.3 is 4.74 Å². The van der Waals surface area contributed by atoms with Crippen molar-refractivity contribution in [3.05, 3.63) is 65.6 Å². The van der Waals surface area contributed by atoms with E-state index in [-0.39, 0.29) is 16.6 Å². The molecule has 0 saturated heterocycles. The molecule has 1 amide bonds. The summed E-state index contributed by atoms with van der Waals surface area (Å²) in [5.41, 5.74) is 2.43. The zero-order chi connectivity index (χ0) is 20.9. The molecule has 0 fully saturated rings. The number of anilines is 1. The van der Waals surface area contributed by atoms with Crippen LogP contribution in [0.5, 0.6) is 5.75 Å².